The molecule has 0 unspecified atom stereocenters. The molecule has 0 radical (unpaired) electrons. The molecule has 134 valence electrons. The van der Waals surface area contributed by atoms with Crippen LogP contribution < -0.4 is 20.1 Å². The second-order valence-electron chi connectivity index (χ2n) is 5.37. The van der Waals surface area contributed by atoms with Crippen LogP contribution in [0.5, 0.6) is 11.5 Å². The van der Waals surface area contributed by atoms with Gasteiger partial charge in [0.05, 0.1) is 26.5 Å². The van der Waals surface area contributed by atoms with Crippen molar-refractivity contribution < 1.29 is 9.47 Å². The highest BCUT2D eigenvalue weighted by Crippen LogP contribution is 2.24. The topological polar surface area (TPSA) is 67.8 Å². The lowest BCUT2D eigenvalue weighted by Gasteiger charge is -2.13. The van der Waals surface area contributed by atoms with E-state index < -0.39 is 0 Å². The van der Waals surface area contributed by atoms with Crippen molar-refractivity contribution in [3.63, 3.8) is 0 Å². The largest absolute Gasteiger partial charge is 0.497 e. The Labute approximate surface area is 149 Å². The van der Waals surface area contributed by atoms with Crippen molar-refractivity contribution in [2.75, 3.05) is 27.3 Å². The van der Waals surface area contributed by atoms with Crippen molar-refractivity contribution in [3.8, 4) is 11.5 Å². The maximum absolute atomic E-state index is 5.42. The average molecular weight is 342 g/mol. The number of aliphatic imine (C=N–C) groups is 1. The molecule has 1 aromatic carbocycles. The van der Waals surface area contributed by atoms with E-state index in [-0.39, 0.29) is 0 Å². The molecule has 0 aliphatic carbocycles. The van der Waals surface area contributed by atoms with Crippen molar-refractivity contribution in [2.24, 2.45) is 4.99 Å². The normalized spacial score (nSPS) is 11.1. The molecule has 0 bridgehead atoms. The third-order valence-electron chi connectivity index (χ3n) is 3.64. The minimum Gasteiger partial charge on any atom is -0.497 e. The summed E-state index contributed by atoms with van der Waals surface area (Å²) in [5.74, 6) is 2.46. The fourth-order valence-electron chi connectivity index (χ4n) is 2.39. The smallest absolute Gasteiger partial charge is 0.191 e. The molecule has 0 saturated heterocycles. The number of aromatic nitrogens is 1. The van der Waals surface area contributed by atoms with Gasteiger partial charge in [-0.05, 0) is 49.2 Å². The molecule has 0 spiro atoms. The van der Waals surface area contributed by atoms with Crippen molar-refractivity contribution in [2.45, 2.75) is 19.9 Å². The first-order valence-corrected chi connectivity index (χ1v) is 8.39. The first-order valence-electron chi connectivity index (χ1n) is 8.39. The summed E-state index contributed by atoms with van der Waals surface area (Å²) in [6, 6.07) is 11.7. The van der Waals surface area contributed by atoms with Gasteiger partial charge in [0, 0.05) is 19.3 Å². The fraction of sp³-hybridized carbons (Fsp3) is 0.368. The van der Waals surface area contributed by atoms with Crippen LogP contribution in [0.2, 0.25) is 0 Å². The molecule has 0 amide bonds. The first kappa shape index (κ1) is 18.6. The van der Waals surface area contributed by atoms with Crippen molar-refractivity contribution >= 4 is 5.96 Å². The fourth-order valence-corrected chi connectivity index (χ4v) is 2.39. The molecule has 0 saturated carbocycles. The molecule has 0 aliphatic rings. The number of hydrogen-bond acceptors (Lipinski definition) is 4. The van der Waals surface area contributed by atoms with Crippen LogP contribution in [-0.4, -0.2) is 38.3 Å². The number of nitrogens with one attached hydrogen (secondary N) is 2. The number of methoxy groups -OCH3 is 2. The van der Waals surface area contributed by atoms with Crippen LogP contribution in [-0.2, 0) is 13.0 Å². The SMILES string of the molecule is CCNC(=NCc1ccccn1)NCCc1cc(OC)ccc1OC. The molecule has 6 nitrogen and oxygen atoms in total. The van der Waals surface area contributed by atoms with Crippen LogP contribution in [0.1, 0.15) is 18.2 Å². The number of benzene rings is 1. The zero-order chi connectivity index (χ0) is 17.9. The summed E-state index contributed by atoms with van der Waals surface area (Å²) in [5, 5.41) is 6.59. The highest BCUT2D eigenvalue weighted by molar-refractivity contribution is 5.79. The Balaban J connectivity index is 1.95. The van der Waals surface area contributed by atoms with Crippen molar-refractivity contribution in [1.82, 2.24) is 15.6 Å². The number of pyridine rings is 1. The number of ether oxygens (including phenoxy) is 2. The van der Waals surface area contributed by atoms with Gasteiger partial charge in [-0.1, -0.05) is 6.07 Å². The third-order valence-corrected chi connectivity index (χ3v) is 3.64. The molecule has 0 atom stereocenters. The number of rotatable bonds is 8. The maximum atomic E-state index is 5.42. The lowest BCUT2D eigenvalue weighted by Crippen LogP contribution is -2.38. The molecule has 25 heavy (non-hydrogen) atoms. The van der Waals surface area contributed by atoms with Gasteiger partial charge in [-0.15, -0.1) is 0 Å². The molecular weight excluding hydrogens is 316 g/mol. The molecule has 0 aliphatic heterocycles. The Bertz CT molecular complexity index is 674. The van der Waals surface area contributed by atoms with Gasteiger partial charge in [-0.2, -0.15) is 0 Å². The van der Waals surface area contributed by atoms with E-state index in [1.165, 1.54) is 0 Å². The van der Waals surface area contributed by atoms with E-state index >= 15 is 0 Å². The summed E-state index contributed by atoms with van der Waals surface area (Å²) in [6.45, 7) is 4.12. The highest BCUT2D eigenvalue weighted by atomic mass is 16.5. The second kappa shape index (κ2) is 10.2. The summed E-state index contributed by atoms with van der Waals surface area (Å²) < 4.78 is 10.7. The van der Waals surface area contributed by atoms with Gasteiger partial charge in [-0.25, -0.2) is 4.99 Å². The van der Waals surface area contributed by atoms with Crippen LogP contribution >= 0.6 is 0 Å². The van der Waals surface area contributed by atoms with Gasteiger partial charge in [0.2, 0.25) is 0 Å². The monoisotopic (exact) mass is 342 g/mol. The number of guanidine groups is 1. The Morgan fingerprint density at radius 1 is 1.12 bits per heavy atom. The van der Waals surface area contributed by atoms with E-state index in [0.717, 1.165) is 48.2 Å². The van der Waals surface area contributed by atoms with Crippen LogP contribution in [0, 0.1) is 0 Å². The Morgan fingerprint density at radius 2 is 2.00 bits per heavy atom. The third kappa shape index (κ3) is 5.99. The van der Waals surface area contributed by atoms with Gasteiger partial charge >= 0.3 is 0 Å². The van der Waals surface area contributed by atoms with Crippen LogP contribution in [0.25, 0.3) is 0 Å². The standard InChI is InChI=1S/C19H26N4O2/c1-4-20-19(23-14-16-7-5-6-11-21-16)22-12-10-15-13-17(24-2)8-9-18(15)25-3/h5-9,11,13H,4,10,12,14H2,1-3H3,(H2,20,22,23). The number of nitrogens with zero attached hydrogens (tertiary/aromatic N) is 2. The van der Waals surface area contributed by atoms with E-state index in [1.807, 2.05) is 43.3 Å². The van der Waals surface area contributed by atoms with E-state index in [4.69, 9.17) is 9.47 Å². The predicted molar refractivity (Wildman–Crippen MR) is 100 cm³/mol. The Hall–Kier alpha value is -2.76. The molecular formula is C19H26N4O2. The Kier molecular flexibility index (Phi) is 7.56. The molecule has 1 aromatic heterocycles. The number of hydrogen-bond donors (Lipinski definition) is 2. The second-order valence-corrected chi connectivity index (χ2v) is 5.37. The molecule has 6 heteroatoms. The van der Waals surface area contributed by atoms with E-state index in [0.29, 0.717) is 6.54 Å². The molecule has 1 heterocycles. The van der Waals surface area contributed by atoms with Gasteiger partial charge in [0.15, 0.2) is 5.96 Å². The summed E-state index contributed by atoms with van der Waals surface area (Å²) in [4.78, 5) is 8.85. The van der Waals surface area contributed by atoms with Gasteiger partial charge < -0.3 is 20.1 Å². The first-order chi connectivity index (χ1) is 12.3. The summed E-state index contributed by atoms with van der Waals surface area (Å²) in [6.07, 6.45) is 2.58. The van der Waals surface area contributed by atoms with Gasteiger partial charge in [0.1, 0.15) is 11.5 Å². The van der Waals surface area contributed by atoms with E-state index in [2.05, 4.69) is 20.6 Å². The Morgan fingerprint density at radius 3 is 2.68 bits per heavy atom. The van der Waals surface area contributed by atoms with Crippen LogP contribution in [0.15, 0.2) is 47.6 Å². The lowest BCUT2D eigenvalue weighted by atomic mass is 10.1. The van der Waals surface area contributed by atoms with Gasteiger partial charge in [-0.3, -0.25) is 4.98 Å². The van der Waals surface area contributed by atoms with Crippen molar-refractivity contribution in [3.05, 3.63) is 53.9 Å². The quantitative estimate of drug-likeness (QED) is 0.569. The zero-order valence-electron chi connectivity index (χ0n) is 15.1. The molecule has 2 rings (SSSR count). The summed E-state index contributed by atoms with van der Waals surface area (Å²) >= 11 is 0. The maximum Gasteiger partial charge on any atom is 0.191 e. The predicted octanol–water partition coefficient (Wildman–Crippen LogP) is 2.40. The average Bonchev–Trinajstić information content (AvgIpc) is 2.66. The van der Waals surface area contributed by atoms with Crippen LogP contribution in [0.3, 0.4) is 0 Å². The minimum atomic E-state index is 0.540. The van der Waals surface area contributed by atoms with E-state index in [1.54, 1.807) is 20.4 Å². The lowest BCUT2D eigenvalue weighted by molar-refractivity contribution is 0.398. The minimum absolute atomic E-state index is 0.540. The van der Waals surface area contributed by atoms with E-state index in [9.17, 15) is 0 Å². The summed E-state index contributed by atoms with van der Waals surface area (Å²) in [7, 11) is 3.34. The highest BCUT2D eigenvalue weighted by Gasteiger charge is 2.06. The van der Waals surface area contributed by atoms with Crippen LogP contribution in [0.4, 0.5) is 0 Å². The summed E-state index contributed by atoms with van der Waals surface area (Å²) in [5.41, 5.74) is 2.03. The van der Waals surface area contributed by atoms with Crippen molar-refractivity contribution in [1.29, 1.82) is 0 Å². The molecule has 2 aromatic rings. The van der Waals surface area contributed by atoms with Gasteiger partial charge in [0.25, 0.3) is 0 Å². The zero-order valence-corrected chi connectivity index (χ0v) is 15.1. The molecule has 0 fully saturated rings. The molecule has 2 N–H and O–H groups in total.